The summed E-state index contributed by atoms with van der Waals surface area (Å²) in [5.41, 5.74) is -5.32. The third-order valence-electron chi connectivity index (χ3n) is 3.36. The number of hydrogen-bond acceptors (Lipinski definition) is 3. The fraction of sp³-hybridized carbons (Fsp3) is 0.538. The molecule has 0 radical (unpaired) electrons. The number of benzene rings is 1. The summed E-state index contributed by atoms with van der Waals surface area (Å²) in [6, 6.07) is 4.95. The summed E-state index contributed by atoms with van der Waals surface area (Å²) in [4.78, 5) is -0.734. The lowest BCUT2D eigenvalue weighted by molar-refractivity contribution is -0.0435. The summed E-state index contributed by atoms with van der Waals surface area (Å²) >= 11 is 0. The van der Waals surface area contributed by atoms with Crippen LogP contribution in [0.1, 0.15) is 27.2 Å². The Balaban J connectivity index is 3.19. The normalized spacial score (nSPS) is 15.7. The Labute approximate surface area is 117 Å². The van der Waals surface area contributed by atoms with Gasteiger partial charge < -0.3 is 5.32 Å². The van der Waals surface area contributed by atoms with Crippen molar-refractivity contribution in [3.05, 3.63) is 24.3 Å². The second-order valence-corrected chi connectivity index (χ2v) is 6.67. The molecule has 2 unspecified atom stereocenters. The van der Waals surface area contributed by atoms with E-state index in [0.717, 1.165) is 12.5 Å². The topological polar surface area (TPSA) is 46.2 Å². The molecule has 114 valence electrons. The van der Waals surface area contributed by atoms with Crippen molar-refractivity contribution in [1.29, 1.82) is 0 Å². The van der Waals surface area contributed by atoms with Gasteiger partial charge in [-0.15, -0.1) is 0 Å². The first kappa shape index (κ1) is 16.8. The van der Waals surface area contributed by atoms with Crippen LogP contribution >= 0.6 is 0 Å². The molecule has 0 saturated heterocycles. The minimum Gasteiger partial charge on any atom is -0.381 e. The maximum atomic E-state index is 12.6. The number of anilines is 1. The van der Waals surface area contributed by atoms with Crippen molar-refractivity contribution in [2.45, 2.75) is 43.6 Å². The summed E-state index contributed by atoms with van der Waals surface area (Å²) < 4.78 is 61.0. The zero-order chi connectivity index (χ0) is 15.6. The van der Waals surface area contributed by atoms with E-state index in [1.54, 1.807) is 0 Å². The van der Waals surface area contributed by atoms with Gasteiger partial charge in [-0.25, -0.2) is 8.42 Å². The van der Waals surface area contributed by atoms with Crippen molar-refractivity contribution >= 4 is 15.5 Å². The Kier molecular flexibility index (Phi) is 5.07. The summed E-state index contributed by atoms with van der Waals surface area (Å²) in [6.45, 7) is 5.71. The summed E-state index contributed by atoms with van der Waals surface area (Å²) in [5.74, 6) is 0.205. The number of halogens is 3. The van der Waals surface area contributed by atoms with E-state index in [1.165, 1.54) is 18.2 Å². The molecule has 1 N–H and O–H groups in total. The van der Waals surface area contributed by atoms with Crippen LogP contribution in [0.5, 0.6) is 0 Å². The van der Waals surface area contributed by atoms with Crippen LogP contribution in [0.15, 0.2) is 29.2 Å². The summed E-state index contributed by atoms with van der Waals surface area (Å²) in [7, 11) is -5.35. The predicted molar refractivity (Wildman–Crippen MR) is 72.2 cm³/mol. The molecule has 0 spiro atoms. The van der Waals surface area contributed by atoms with Gasteiger partial charge in [-0.1, -0.05) is 32.4 Å². The Bertz CT molecular complexity index is 555. The molecule has 1 aromatic rings. The molecule has 0 aromatic heterocycles. The van der Waals surface area contributed by atoms with Gasteiger partial charge in [-0.05, 0) is 25.0 Å². The monoisotopic (exact) mass is 309 g/mol. The summed E-state index contributed by atoms with van der Waals surface area (Å²) in [5, 5.41) is 2.86. The SMILES string of the molecule is CCC(C)C(C)Nc1ccccc1S(=O)(=O)C(F)(F)F. The van der Waals surface area contributed by atoms with Crippen molar-refractivity contribution in [2.75, 3.05) is 5.32 Å². The van der Waals surface area contributed by atoms with Crippen LogP contribution in [0, 0.1) is 5.92 Å². The molecule has 3 nitrogen and oxygen atoms in total. The quantitative estimate of drug-likeness (QED) is 0.899. The zero-order valence-corrected chi connectivity index (χ0v) is 12.3. The minimum atomic E-state index is -5.35. The maximum absolute atomic E-state index is 12.6. The molecule has 0 aliphatic rings. The molecule has 0 heterocycles. The fourth-order valence-corrected chi connectivity index (χ4v) is 2.61. The van der Waals surface area contributed by atoms with Gasteiger partial charge in [0, 0.05) is 6.04 Å². The smallest absolute Gasteiger partial charge is 0.381 e. The van der Waals surface area contributed by atoms with Crippen LogP contribution in [0.4, 0.5) is 18.9 Å². The van der Waals surface area contributed by atoms with Gasteiger partial charge in [0.2, 0.25) is 0 Å². The van der Waals surface area contributed by atoms with E-state index in [2.05, 4.69) is 5.32 Å². The second-order valence-electron chi connectivity index (χ2n) is 4.76. The Morgan fingerprint density at radius 1 is 1.20 bits per heavy atom. The lowest BCUT2D eigenvalue weighted by Gasteiger charge is -2.23. The maximum Gasteiger partial charge on any atom is 0.501 e. The average Bonchev–Trinajstić information content (AvgIpc) is 2.36. The van der Waals surface area contributed by atoms with Crippen molar-refractivity contribution < 1.29 is 21.6 Å². The predicted octanol–water partition coefficient (Wildman–Crippen LogP) is 3.83. The van der Waals surface area contributed by atoms with Gasteiger partial charge in [0.05, 0.1) is 10.6 Å². The molecule has 7 heteroatoms. The summed E-state index contributed by atoms with van der Waals surface area (Å²) in [6.07, 6.45) is 0.836. The van der Waals surface area contributed by atoms with E-state index in [0.29, 0.717) is 0 Å². The van der Waals surface area contributed by atoms with Gasteiger partial charge >= 0.3 is 5.51 Å². The number of sulfone groups is 1. The highest BCUT2D eigenvalue weighted by Crippen LogP contribution is 2.34. The molecule has 0 bridgehead atoms. The van der Waals surface area contributed by atoms with Crippen LogP contribution in [0.2, 0.25) is 0 Å². The second kappa shape index (κ2) is 6.03. The standard InChI is InChI=1S/C13H18F3NO2S/c1-4-9(2)10(3)17-11-7-5-6-8-12(11)20(18,19)13(14,15)16/h5-10,17H,4H2,1-3H3. The third-order valence-corrected chi connectivity index (χ3v) is 4.91. The lowest BCUT2D eigenvalue weighted by Crippen LogP contribution is -2.27. The van der Waals surface area contributed by atoms with Crippen molar-refractivity contribution in [3.63, 3.8) is 0 Å². The number of nitrogens with one attached hydrogen (secondary N) is 1. The number of hydrogen-bond donors (Lipinski definition) is 1. The van der Waals surface area contributed by atoms with Crippen LogP contribution < -0.4 is 5.32 Å². The van der Waals surface area contributed by atoms with Crippen LogP contribution in [-0.2, 0) is 9.84 Å². The highest BCUT2D eigenvalue weighted by molar-refractivity contribution is 7.92. The van der Waals surface area contributed by atoms with Gasteiger partial charge in [0.25, 0.3) is 9.84 Å². The first-order chi connectivity index (χ1) is 9.11. The zero-order valence-electron chi connectivity index (χ0n) is 11.5. The Morgan fingerprint density at radius 2 is 1.75 bits per heavy atom. The number of alkyl halides is 3. The van der Waals surface area contributed by atoms with Crippen molar-refractivity contribution in [3.8, 4) is 0 Å². The molecular formula is C13H18F3NO2S. The highest BCUT2D eigenvalue weighted by atomic mass is 32.2. The first-order valence-corrected chi connectivity index (χ1v) is 7.76. The van der Waals surface area contributed by atoms with Crippen LogP contribution in [0.25, 0.3) is 0 Å². The lowest BCUT2D eigenvalue weighted by atomic mass is 10.0. The highest BCUT2D eigenvalue weighted by Gasteiger charge is 2.48. The van der Waals surface area contributed by atoms with Crippen molar-refractivity contribution in [1.82, 2.24) is 0 Å². The average molecular weight is 309 g/mol. The largest absolute Gasteiger partial charge is 0.501 e. The van der Waals surface area contributed by atoms with Gasteiger partial charge in [0.15, 0.2) is 0 Å². The Hall–Kier alpha value is -1.24. The molecule has 0 aliphatic heterocycles. The van der Waals surface area contributed by atoms with E-state index in [-0.39, 0.29) is 17.6 Å². The molecule has 0 fully saturated rings. The van der Waals surface area contributed by atoms with Crippen LogP contribution in [0.3, 0.4) is 0 Å². The fourth-order valence-electron chi connectivity index (χ4n) is 1.69. The van der Waals surface area contributed by atoms with E-state index < -0.39 is 20.2 Å². The molecule has 20 heavy (non-hydrogen) atoms. The first-order valence-electron chi connectivity index (χ1n) is 6.28. The molecule has 1 rings (SSSR count). The molecule has 2 atom stereocenters. The minimum absolute atomic E-state index is 0.0161. The molecular weight excluding hydrogens is 291 g/mol. The third kappa shape index (κ3) is 3.45. The van der Waals surface area contributed by atoms with Gasteiger partial charge in [-0.3, -0.25) is 0 Å². The molecule has 0 aliphatic carbocycles. The molecule has 1 aromatic carbocycles. The van der Waals surface area contributed by atoms with E-state index in [4.69, 9.17) is 0 Å². The van der Waals surface area contributed by atoms with E-state index in [1.807, 2.05) is 20.8 Å². The number of rotatable bonds is 5. The van der Waals surface area contributed by atoms with E-state index in [9.17, 15) is 21.6 Å². The van der Waals surface area contributed by atoms with Gasteiger partial charge in [-0.2, -0.15) is 13.2 Å². The van der Waals surface area contributed by atoms with Crippen LogP contribution in [-0.4, -0.2) is 20.0 Å². The molecule has 0 saturated carbocycles. The molecule has 0 amide bonds. The van der Waals surface area contributed by atoms with E-state index >= 15 is 0 Å². The van der Waals surface area contributed by atoms with Gasteiger partial charge in [0.1, 0.15) is 0 Å². The van der Waals surface area contributed by atoms with Crippen molar-refractivity contribution in [2.24, 2.45) is 5.92 Å². The number of para-hydroxylation sites is 1. The Morgan fingerprint density at radius 3 is 2.25 bits per heavy atom.